The number of aryl methyl sites for hydroxylation is 1. The Morgan fingerprint density at radius 2 is 1.15 bits per heavy atom. The van der Waals surface area contributed by atoms with Gasteiger partial charge in [0.15, 0.2) is 0 Å². The van der Waals surface area contributed by atoms with E-state index in [1.165, 1.54) is 92.5 Å². The van der Waals surface area contributed by atoms with E-state index in [9.17, 15) is 0 Å². The Bertz CT molecular complexity index is 4060. The Morgan fingerprint density at radius 3 is 2.05 bits per heavy atom. The molecule has 274 valence electrons. The van der Waals surface area contributed by atoms with Gasteiger partial charge in [-0.25, -0.2) is 4.98 Å². The number of hydrogen-bond acceptors (Lipinski definition) is 2. The van der Waals surface area contributed by atoms with Gasteiger partial charge in [-0.1, -0.05) is 122 Å². The molecule has 4 heteroatoms. The summed E-state index contributed by atoms with van der Waals surface area (Å²) >= 11 is 0. The summed E-state index contributed by atoms with van der Waals surface area (Å²) in [6.45, 7) is 2.30. The molecule has 5 heterocycles. The molecule has 0 N–H and O–H groups in total. The molecule has 0 atom stereocenters. The molecule has 59 heavy (non-hydrogen) atoms. The number of nitrogens with zero attached hydrogens (tertiary/aromatic N) is 3. The molecule has 0 bridgehead atoms. The summed E-state index contributed by atoms with van der Waals surface area (Å²) in [6, 6.07) is 62.0. The van der Waals surface area contributed by atoms with Gasteiger partial charge in [-0.15, -0.1) is 0 Å². The number of para-hydroxylation sites is 1. The van der Waals surface area contributed by atoms with E-state index in [1.54, 1.807) is 0 Å². The fraction of sp³-hybridized carbons (Fsp3) is 0.0364. The lowest BCUT2D eigenvalue weighted by Gasteiger charge is -2.21. The fourth-order valence-corrected chi connectivity index (χ4v) is 10.8. The van der Waals surface area contributed by atoms with E-state index >= 15 is 0 Å². The van der Waals surface area contributed by atoms with E-state index in [0.717, 1.165) is 51.1 Å². The topological polar surface area (TPSA) is 35.4 Å². The van der Waals surface area contributed by atoms with E-state index in [2.05, 4.69) is 186 Å². The molecule has 0 spiro atoms. The maximum Gasteiger partial charge on any atom is 0.137 e. The predicted molar refractivity (Wildman–Crippen MR) is 247 cm³/mol. The van der Waals surface area contributed by atoms with Crippen LogP contribution < -0.4 is 0 Å². The fourth-order valence-electron chi connectivity index (χ4n) is 10.8. The molecular formula is C55H33N3O. The van der Waals surface area contributed by atoms with Gasteiger partial charge >= 0.3 is 0 Å². The lowest BCUT2D eigenvalue weighted by atomic mass is 9.93. The van der Waals surface area contributed by atoms with Gasteiger partial charge < -0.3 is 13.4 Å². The van der Waals surface area contributed by atoms with Crippen molar-refractivity contribution in [1.29, 1.82) is 0 Å². The van der Waals surface area contributed by atoms with Gasteiger partial charge in [0.1, 0.15) is 11.2 Å². The Hall–Kier alpha value is -7.69. The first-order chi connectivity index (χ1) is 29.2. The second-order valence-electron chi connectivity index (χ2n) is 16.1. The third-order valence-electron chi connectivity index (χ3n) is 13.2. The highest BCUT2D eigenvalue weighted by Gasteiger charge is 2.29. The molecule has 9 aromatic carbocycles. The molecule has 0 aliphatic rings. The van der Waals surface area contributed by atoms with Crippen molar-refractivity contribution in [3.05, 3.63) is 175 Å². The van der Waals surface area contributed by atoms with Crippen LogP contribution in [0.15, 0.2) is 174 Å². The molecule has 0 radical (unpaired) electrons. The van der Waals surface area contributed by atoms with Gasteiger partial charge in [0.05, 0.1) is 49.9 Å². The average molecular weight is 752 g/mol. The molecule has 5 aromatic heterocycles. The second kappa shape index (κ2) is 11.2. The first kappa shape index (κ1) is 31.4. The van der Waals surface area contributed by atoms with Crippen LogP contribution in [0.4, 0.5) is 0 Å². The zero-order valence-corrected chi connectivity index (χ0v) is 32.1. The Kier molecular flexibility index (Phi) is 5.98. The zero-order chi connectivity index (χ0) is 38.5. The summed E-state index contributed by atoms with van der Waals surface area (Å²) in [5.74, 6) is 0. The van der Waals surface area contributed by atoms with E-state index in [-0.39, 0.29) is 0 Å². The van der Waals surface area contributed by atoms with Crippen LogP contribution in [0, 0.1) is 0 Å². The number of pyridine rings is 1. The van der Waals surface area contributed by atoms with Crippen molar-refractivity contribution in [3.63, 3.8) is 0 Å². The SMILES string of the molecule is CCc1c(-n2c3ccc4oc5ccc6c7ccccc7n7c8cccc2c8c3c4c5c67)c(-c2cccc(-c3cccc4ccccc34)c2)nc2ccc3ccccc3c12. The van der Waals surface area contributed by atoms with Gasteiger partial charge in [-0.3, -0.25) is 0 Å². The van der Waals surface area contributed by atoms with E-state index in [4.69, 9.17) is 9.40 Å². The molecule has 14 rings (SSSR count). The Labute approximate surface area is 337 Å². The monoisotopic (exact) mass is 751 g/mol. The molecule has 0 aliphatic carbocycles. The van der Waals surface area contributed by atoms with Crippen LogP contribution in [0.2, 0.25) is 0 Å². The Morgan fingerprint density at radius 1 is 0.475 bits per heavy atom. The predicted octanol–water partition coefficient (Wildman–Crippen LogP) is 14.9. The van der Waals surface area contributed by atoms with Crippen LogP contribution in [0.5, 0.6) is 0 Å². The maximum absolute atomic E-state index is 6.75. The lowest BCUT2D eigenvalue weighted by Crippen LogP contribution is -2.06. The summed E-state index contributed by atoms with van der Waals surface area (Å²) in [5.41, 5.74) is 15.6. The summed E-state index contributed by atoms with van der Waals surface area (Å²) < 4.78 is 11.8. The van der Waals surface area contributed by atoms with Crippen molar-refractivity contribution >= 4 is 104 Å². The Balaban J connectivity index is 1.19. The summed E-state index contributed by atoms with van der Waals surface area (Å²) in [6.07, 6.45) is 0.823. The minimum Gasteiger partial charge on any atom is -0.456 e. The van der Waals surface area contributed by atoms with Crippen LogP contribution in [-0.4, -0.2) is 14.0 Å². The van der Waals surface area contributed by atoms with Crippen LogP contribution in [-0.2, 0) is 6.42 Å². The molecule has 0 saturated carbocycles. The largest absolute Gasteiger partial charge is 0.456 e. The number of benzene rings is 9. The van der Waals surface area contributed by atoms with Gasteiger partial charge in [0.2, 0.25) is 0 Å². The highest BCUT2D eigenvalue weighted by Crippen LogP contribution is 2.50. The average Bonchev–Trinajstić information content (AvgIpc) is 3.92. The summed E-state index contributed by atoms with van der Waals surface area (Å²) in [7, 11) is 0. The molecule has 0 saturated heterocycles. The number of hydrogen-bond donors (Lipinski definition) is 0. The second-order valence-corrected chi connectivity index (χ2v) is 16.1. The summed E-state index contributed by atoms with van der Waals surface area (Å²) in [5, 5.41) is 13.4. The highest BCUT2D eigenvalue weighted by molar-refractivity contribution is 6.37. The molecule has 0 aliphatic heterocycles. The highest BCUT2D eigenvalue weighted by atomic mass is 16.3. The first-order valence-corrected chi connectivity index (χ1v) is 20.5. The van der Waals surface area contributed by atoms with E-state index < -0.39 is 0 Å². The molecule has 4 nitrogen and oxygen atoms in total. The number of fused-ring (bicyclic) bond motifs is 8. The molecule has 0 fully saturated rings. The summed E-state index contributed by atoms with van der Waals surface area (Å²) in [4.78, 5) is 5.73. The van der Waals surface area contributed by atoms with Crippen molar-refractivity contribution in [3.8, 4) is 28.1 Å². The van der Waals surface area contributed by atoms with Gasteiger partial charge in [-0.2, -0.15) is 0 Å². The molecular weight excluding hydrogens is 719 g/mol. The van der Waals surface area contributed by atoms with Crippen LogP contribution in [0.1, 0.15) is 12.5 Å². The third-order valence-corrected chi connectivity index (χ3v) is 13.2. The van der Waals surface area contributed by atoms with Crippen LogP contribution >= 0.6 is 0 Å². The van der Waals surface area contributed by atoms with Crippen LogP contribution in [0.3, 0.4) is 0 Å². The van der Waals surface area contributed by atoms with Gasteiger partial charge in [-0.05, 0) is 99.3 Å². The van der Waals surface area contributed by atoms with Crippen molar-refractivity contribution < 1.29 is 4.42 Å². The zero-order valence-electron chi connectivity index (χ0n) is 32.1. The smallest absolute Gasteiger partial charge is 0.137 e. The first-order valence-electron chi connectivity index (χ1n) is 20.5. The van der Waals surface area contributed by atoms with E-state index in [1.807, 2.05) is 0 Å². The van der Waals surface area contributed by atoms with Crippen molar-refractivity contribution in [1.82, 2.24) is 14.0 Å². The lowest BCUT2D eigenvalue weighted by molar-refractivity contribution is 0.669. The molecule has 0 unspecified atom stereocenters. The number of rotatable bonds is 4. The van der Waals surface area contributed by atoms with Crippen molar-refractivity contribution in [2.24, 2.45) is 0 Å². The molecule has 0 amide bonds. The number of aromatic nitrogens is 3. The van der Waals surface area contributed by atoms with Gasteiger partial charge in [0, 0.05) is 37.9 Å². The van der Waals surface area contributed by atoms with Gasteiger partial charge in [0.25, 0.3) is 0 Å². The van der Waals surface area contributed by atoms with Crippen molar-refractivity contribution in [2.45, 2.75) is 13.3 Å². The normalized spacial score (nSPS) is 12.6. The number of furan rings is 1. The minimum absolute atomic E-state index is 0.823. The van der Waals surface area contributed by atoms with Crippen LogP contribution in [0.25, 0.3) is 132 Å². The van der Waals surface area contributed by atoms with E-state index in [0.29, 0.717) is 0 Å². The maximum atomic E-state index is 6.75. The quantitative estimate of drug-likeness (QED) is 0.168. The van der Waals surface area contributed by atoms with Crippen molar-refractivity contribution in [2.75, 3.05) is 0 Å². The minimum atomic E-state index is 0.823. The molecule has 14 aromatic rings. The third kappa shape index (κ3) is 3.95. The standard InChI is InChI=1S/C55H33N3O/c1-2-35-48-38-18-6-4-13-32(38)24-26-41(48)56-53(34-16-9-15-33(30-34)37-20-10-14-31-12-3-5-17-36(31)37)55(35)58-44-23-11-22-43-49(44)50-45(58)27-29-46-51(50)52-47(59-46)28-25-40-39-19-7-8-21-42(39)57(43)54(40)52/h3-30H,2H2,1H3.